The van der Waals surface area contributed by atoms with Crippen LogP contribution in [0.15, 0.2) is 35.3 Å². The van der Waals surface area contributed by atoms with Crippen molar-refractivity contribution in [1.82, 2.24) is 0 Å². The maximum Gasteiger partial charge on any atom is 0.341 e. The van der Waals surface area contributed by atoms with Crippen LogP contribution in [0.4, 0.5) is 5.69 Å². The van der Waals surface area contributed by atoms with Crippen LogP contribution in [0, 0.1) is 3.57 Å². The lowest BCUT2D eigenvalue weighted by Crippen LogP contribution is -2.11. The third-order valence-corrected chi connectivity index (χ3v) is 4.43. The van der Waals surface area contributed by atoms with E-state index >= 15 is 0 Å². The van der Waals surface area contributed by atoms with Gasteiger partial charge in [-0.1, -0.05) is 11.6 Å². The van der Waals surface area contributed by atoms with E-state index < -0.39 is 18.5 Å². The molecule has 0 aromatic heterocycles. The van der Waals surface area contributed by atoms with Crippen LogP contribution in [0.3, 0.4) is 0 Å². The Balaban J connectivity index is 2.33. The fourth-order valence-electron chi connectivity index (χ4n) is 2.09. The van der Waals surface area contributed by atoms with Gasteiger partial charge in [-0.05, 0) is 58.5 Å². The van der Waals surface area contributed by atoms with Crippen molar-refractivity contribution >= 4 is 58.0 Å². The molecule has 0 bridgehead atoms. The average molecular weight is 504 g/mol. The molecule has 0 aliphatic rings. The predicted octanol–water partition coefficient (Wildman–Crippen LogP) is 3.95. The van der Waals surface area contributed by atoms with Crippen molar-refractivity contribution < 1.29 is 28.9 Å². The number of ether oxygens (including phenoxy) is 3. The summed E-state index contributed by atoms with van der Waals surface area (Å²) in [4.78, 5) is 26.7. The first kappa shape index (κ1) is 21.0. The SMILES string of the molecule is COC(=O)c1ccc(Cl)c(N=Cc2cc(I)c(OCC(=O)O)c(OC)c2)c1. The highest BCUT2D eigenvalue weighted by molar-refractivity contribution is 14.1. The lowest BCUT2D eigenvalue weighted by atomic mass is 10.2. The Labute approximate surface area is 174 Å². The third kappa shape index (κ3) is 5.57. The molecule has 0 unspecified atom stereocenters. The lowest BCUT2D eigenvalue weighted by Gasteiger charge is -2.12. The highest BCUT2D eigenvalue weighted by Gasteiger charge is 2.13. The maximum absolute atomic E-state index is 11.6. The molecule has 2 aromatic rings. The zero-order valence-corrected chi connectivity index (χ0v) is 17.3. The van der Waals surface area contributed by atoms with E-state index in [0.717, 1.165) is 0 Å². The van der Waals surface area contributed by atoms with Crippen LogP contribution in [0.1, 0.15) is 15.9 Å². The molecular formula is C18H15ClINO6. The number of aliphatic imine (C=N–C) groups is 1. The van der Waals surface area contributed by atoms with Gasteiger partial charge in [-0.25, -0.2) is 9.59 Å². The van der Waals surface area contributed by atoms with E-state index in [9.17, 15) is 9.59 Å². The topological polar surface area (TPSA) is 94.4 Å². The second-order valence-electron chi connectivity index (χ2n) is 5.13. The van der Waals surface area contributed by atoms with Crippen molar-refractivity contribution in [3.63, 3.8) is 0 Å². The van der Waals surface area contributed by atoms with Gasteiger partial charge in [-0.15, -0.1) is 0 Å². The molecule has 0 aliphatic heterocycles. The van der Waals surface area contributed by atoms with Gasteiger partial charge in [0.2, 0.25) is 0 Å². The summed E-state index contributed by atoms with van der Waals surface area (Å²) in [6.07, 6.45) is 1.55. The molecule has 0 saturated heterocycles. The normalized spacial score (nSPS) is 10.7. The Morgan fingerprint density at radius 1 is 1.26 bits per heavy atom. The number of hydrogen-bond acceptors (Lipinski definition) is 6. The van der Waals surface area contributed by atoms with E-state index in [2.05, 4.69) is 9.73 Å². The molecule has 27 heavy (non-hydrogen) atoms. The third-order valence-electron chi connectivity index (χ3n) is 3.31. The van der Waals surface area contributed by atoms with Crippen molar-refractivity contribution in [3.8, 4) is 11.5 Å². The summed E-state index contributed by atoms with van der Waals surface area (Å²) in [6, 6.07) is 8.04. The van der Waals surface area contributed by atoms with Gasteiger partial charge in [-0.2, -0.15) is 0 Å². The van der Waals surface area contributed by atoms with E-state index in [1.54, 1.807) is 30.5 Å². The summed E-state index contributed by atoms with van der Waals surface area (Å²) in [5.74, 6) is -0.861. The highest BCUT2D eigenvalue weighted by Crippen LogP contribution is 2.34. The predicted molar refractivity (Wildman–Crippen MR) is 109 cm³/mol. The smallest absolute Gasteiger partial charge is 0.341 e. The Morgan fingerprint density at radius 3 is 2.63 bits per heavy atom. The number of benzene rings is 2. The fourth-order valence-corrected chi connectivity index (χ4v) is 3.04. The fraction of sp³-hybridized carbons (Fsp3) is 0.167. The van der Waals surface area contributed by atoms with Gasteiger partial charge in [-0.3, -0.25) is 4.99 Å². The second kappa shape index (κ2) is 9.56. The zero-order valence-electron chi connectivity index (χ0n) is 14.4. The molecule has 2 aromatic carbocycles. The van der Waals surface area contributed by atoms with E-state index in [4.69, 9.17) is 26.2 Å². The number of aliphatic carboxylic acids is 1. The summed E-state index contributed by atoms with van der Waals surface area (Å²) in [6.45, 7) is -0.476. The van der Waals surface area contributed by atoms with Gasteiger partial charge < -0.3 is 19.3 Å². The van der Waals surface area contributed by atoms with Crippen LogP contribution in [0.25, 0.3) is 0 Å². The number of carboxylic acid groups (broad SMARTS) is 1. The minimum Gasteiger partial charge on any atom is -0.493 e. The summed E-state index contributed by atoms with van der Waals surface area (Å²) in [7, 11) is 2.75. The molecule has 0 amide bonds. The number of rotatable bonds is 7. The van der Waals surface area contributed by atoms with E-state index in [0.29, 0.717) is 36.9 Å². The quantitative estimate of drug-likeness (QED) is 0.349. The lowest BCUT2D eigenvalue weighted by molar-refractivity contribution is -0.139. The number of carboxylic acids is 1. The van der Waals surface area contributed by atoms with Crippen LogP contribution in [0.2, 0.25) is 5.02 Å². The molecule has 142 valence electrons. The van der Waals surface area contributed by atoms with E-state index in [1.165, 1.54) is 20.3 Å². The number of carbonyl (C=O) groups is 2. The minimum atomic E-state index is -1.08. The molecule has 0 spiro atoms. The number of hydrogen-bond donors (Lipinski definition) is 1. The number of halogens is 2. The average Bonchev–Trinajstić information content (AvgIpc) is 2.65. The first-order valence-electron chi connectivity index (χ1n) is 7.49. The number of esters is 1. The van der Waals surface area contributed by atoms with E-state index in [-0.39, 0.29) is 0 Å². The number of carbonyl (C=O) groups excluding carboxylic acids is 1. The van der Waals surface area contributed by atoms with Crippen LogP contribution in [-0.4, -0.2) is 44.1 Å². The van der Waals surface area contributed by atoms with Gasteiger partial charge >= 0.3 is 11.9 Å². The molecule has 9 heteroatoms. The van der Waals surface area contributed by atoms with Crippen LogP contribution < -0.4 is 9.47 Å². The first-order valence-corrected chi connectivity index (χ1v) is 8.95. The molecule has 7 nitrogen and oxygen atoms in total. The molecule has 0 fully saturated rings. The second-order valence-corrected chi connectivity index (χ2v) is 6.70. The molecular weight excluding hydrogens is 489 g/mol. The molecule has 0 aliphatic carbocycles. The number of methoxy groups -OCH3 is 2. The summed E-state index contributed by atoms with van der Waals surface area (Å²) in [5, 5.41) is 9.14. The highest BCUT2D eigenvalue weighted by atomic mass is 127. The van der Waals surface area contributed by atoms with Crippen molar-refractivity contribution in [2.75, 3.05) is 20.8 Å². The van der Waals surface area contributed by atoms with Gasteiger partial charge in [0.1, 0.15) is 0 Å². The summed E-state index contributed by atoms with van der Waals surface area (Å²) < 4.78 is 15.9. The minimum absolute atomic E-state index is 0.332. The van der Waals surface area contributed by atoms with Crippen molar-refractivity contribution in [2.24, 2.45) is 4.99 Å². The van der Waals surface area contributed by atoms with Crippen LogP contribution in [0.5, 0.6) is 11.5 Å². The van der Waals surface area contributed by atoms with Gasteiger partial charge in [0.05, 0.1) is 34.1 Å². The number of nitrogens with zero attached hydrogens (tertiary/aromatic N) is 1. The monoisotopic (exact) mass is 503 g/mol. The standard InChI is InChI=1S/C18H15ClINO6/c1-25-15-6-10(5-13(20)17(15)27-9-16(22)23)8-21-14-7-11(18(24)26-2)3-4-12(14)19/h3-8H,9H2,1-2H3,(H,22,23). The largest absolute Gasteiger partial charge is 0.493 e. The molecule has 0 atom stereocenters. The molecule has 1 N–H and O–H groups in total. The zero-order chi connectivity index (χ0) is 20.0. The Morgan fingerprint density at radius 2 is 2.00 bits per heavy atom. The maximum atomic E-state index is 11.6. The summed E-state index contributed by atoms with van der Waals surface area (Å²) >= 11 is 8.14. The Kier molecular flexibility index (Phi) is 7.43. The molecule has 0 heterocycles. The van der Waals surface area contributed by atoms with Crippen molar-refractivity contribution in [3.05, 3.63) is 50.1 Å². The first-order chi connectivity index (χ1) is 12.8. The molecule has 2 rings (SSSR count). The van der Waals surface area contributed by atoms with Gasteiger partial charge in [0.25, 0.3) is 0 Å². The Hall–Kier alpha value is -2.33. The van der Waals surface area contributed by atoms with Crippen molar-refractivity contribution in [2.45, 2.75) is 0 Å². The summed E-state index contributed by atoms with van der Waals surface area (Å²) in [5.41, 5.74) is 1.41. The van der Waals surface area contributed by atoms with E-state index in [1.807, 2.05) is 22.6 Å². The van der Waals surface area contributed by atoms with Gasteiger partial charge in [0.15, 0.2) is 18.1 Å². The van der Waals surface area contributed by atoms with Crippen LogP contribution in [-0.2, 0) is 9.53 Å². The Bertz CT molecular complexity index is 900. The van der Waals surface area contributed by atoms with Crippen LogP contribution >= 0.6 is 34.2 Å². The molecule has 0 saturated carbocycles. The van der Waals surface area contributed by atoms with Crippen molar-refractivity contribution in [1.29, 1.82) is 0 Å². The van der Waals surface area contributed by atoms with Gasteiger partial charge in [0, 0.05) is 6.21 Å². The molecule has 0 radical (unpaired) electrons.